The van der Waals surface area contributed by atoms with Gasteiger partial charge in [0.2, 0.25) is 5.91 Å². The lowest BCUT2D eigenvalue weighted by Crippen LogP contribution is -2.36. The molecule has 0 atom stereocenters. The van der Waals surface area contributed by atoms with Gasteiger partial charge < -0.3 is 14.8 Å². The van der Waals surface area contributed by atoms with Gasteiger partial charge in [-0.15, -0.1) is 0 Å². The van der Waals surface area contributed by atoms with Crippen molar-refractivity contribution in [2.24, 2.45) is 0 Å². The van der Waals surface area contributed by atoms with Gasteiger partial charge in [-0.25, -0.2) is 4.79 Å². The van der Waals surface area contributed by atoms with Crippen molar-refractivity contribution in [3.63, 3.8) is 0 Å². The molecule has 0 saturated carbocycles. The molecule has 0 spiro atoms. The highest BCUT2D eigenvalue weighted by atomic mass is 32.2. The second-order valence-corrected chi connectivity index (χ2v) is 7.86. The van der Waals surface area contributed by atoms with E-state index in [1.54, 1.807) is 31.2 Å². The average Bonchev–Trinajstić information content (AvgIpc) is 2.96. The summed E-state index contributed by atoms with van der Waals surface area (Å²) < 4.78 is 5.16. The molecule has 8 nitrogen and oxygen atoms in total. The lowest BCUT2D eigenvalue weighted by atomic mass is 10.1. The number of hydrogen-bond donors (Lipinski definition) is 2. The first-order valence-electron chi connectivity index (χ1n) is 9.19. The van der Waals surface area contributed by atoms with E-state index in [0.717, 1.165) is 27.6 Å². The number of aromatic hydroxyl groups is 1. The van der Waals surface area contributed by atoms with Crippen LogP contribution < -0.4 is 10.9 Å². The van der Waals surface area contributed by atoms with Crippen LogP contribution in [-0.4, -0.2) is 33.6 Å². The molecule has 156 valence electrons. The van der Waals surface area contributed by atoms with E-state index < -0.39 is 29.2 Å². The summed E-state index contributed by atoms with van der Waals surface area (Å²) in [6.07, 6.45) is 1.52. The molecular weight excluding hydrogens is 420 g/mol. The van der Waals surface area contributed by atoms with Crippen LogP contribution in [-0.2, 0) is 9.59 Å². The fourth-order valence-corrected chi connectivity index (χ4v) is 3.94. The molecule has 3 aromatic rings. The Balaban J connectivity index is 1.47. The van der Waals surface area contributed by atoms with E-state index in [9.17, 15) is 24.3 Å². The molecule has 0 bridgehead atoms. The van der Waals surface area contributed by atoms with Crippen molar-refractivity contribution < 1.29 is 23.9 Å². The van der Waals surface area contributed by atoms with Crippen molar-refractivity contribution in [1.82, 2.24) is 4.90 Å². The predicted octanol–water partition coefficient (Wildman–Crippen LogP) is 3.48. The summed E-state index contributed by atoms with van der Waals surface area (Å²) >= 11 is 0.740. The van der Waals surface area contributed by atoms with Gasteiger partial charge in [0, 0.05) is 23.2 Å². The Morgan fingerprint density at radius 1 is 1.13 bits per heavy atom. The Morgan fingerprint density at radius 2 is 1.87 bits per heavy atom. The molecule has 2 N–H and O–H groups in total. The summed E-state index contributed by atoms with van der Waals surface area (Å²) in [4.78, 5) is 49.8. The highest BCUT2D eigenvalue weighted by Gasteiger charge is 2.36. The first kappa shape index (κ1) is 20.4. The molecule has 0 unspecified atom stereocenters. The smallest absolute Gasteiger partial charge is 0.336 e. The highest BCUT2D eigenvalue weighted by molar-refractivity contribution is 8.18. The van der Waals surface area contributed by atoms with Crippen molar-refractivity contribution >= 4 is 51.5 Å². The summed E-state index contributed by atoms with van der Waals surface area (Å²) in [5.41, 5.74) is 1.60. The number of thioether (sulfide) groups is 1. The van der Waals surface area contributed by atoms with Gasteiger partial charge in [0.25, 0.3) is 11.1 Å². The average molecular weight is 436 g/mol. The van der Waals surface area contributed by atoms with E-state index in [0.29, 0.717) is 16.8 Å². The quantitative estimate of drug-likeness (QED) is 0.475. The van der Waals surface area contributed by atoms with Gasteiger partial charge in [-0.3, -0.25) is 19.3 Å². The molecule has 4 rings (SSSR count). The Hall–Kier alpha value is -3.85. The SMILES string of the molecule is Cc1cc(=O)oc2cc(NC(=O)CN3C(=O)S/C(=C\c4ccc(O)cc4)C3=O)ccc12. The molecule has 9 heteroatoms. The minimum Gasteiger partial charge on any atom is -0.508 e. The first-order valence-corrected chi connectivity index (χ1v) is 10.0. The van der Waals surface area contributed by atoms with Crippen LogP contribution in [0.2, 0.25) is 0 Å². The van der Waals surface area contributed by atoms with Gasteiger partial charge in [0.05, 0.1) is 4.91 Å². The fraction of sp³-hybridized carbons (Fsp3) is 0.0909. The number of anilines is 1. The minimum absolute atomic E-state index is 0.0880. The number of imide groups is 1. The maximum absolute atomic E-state index is 12.6. The molecule has 1 aromatic heterocycles. The summed E-state index contributed by atoms with van der Waals surface area (Å²) in [6, 6.07) is 12.4. The van der Waals surface area contributed by atoms with Gasteiger partial charge in [0.1, 0.15) is 17.9 Å². The number of carbonyl (C=O) groups is 3. The van der Waals surface area contributed by atoms with Crippen molar-refractivity contribution in [3.05, 3.63) is 75.0 Å². The second-order valence-electron chi connectivity index (χ2n) is 6.87. The molecule has 0 radical (unpaired) electrons. The third kappa shape index (κ3) is 4.36. The van der Waals surface area contributed by atoms with E-state index in [2.05, 4.69) is 5.32 Å². The van der Waals surface area contributed by atoms with Crippen LogP contribution in [0.25, 0.3) is 17.0 Å². The van der Waals surface area contributed by atoms with Gasteiger partial charge in [-0.05, 0) is 60.2 Å². The summed E-state index contributed by atoms with van der Waals surface area (Å²) in [7, 11) is 0. The number of phenolic OH excluding ortho intramolecular Hbond substituents is 1. The van der Waals surface area contributed by atoms with Gasteiger partial charge in [0.15, 0.2) is 0 Å². The van der Waals surface area contributed by atoms with Crippen molar-refractivity contribution in [3.8, 4) is 5.75 Å². The zero-order chi connectivity index (χ0) is 22.1. The van der Waals surface area contributed by atoms with E-state index in [-0.39, 0.29) is 10.7 Å². The lowest BCUT2D eigenvalue weighted by molar-refractivity contribution is -0.127. The van der Waals surface area contributed by atoms with Crippen molar-refractivity contribution in [2.45, 2.75) is 6.92 Å². The highest BCUT2D eigenvalue weighted by Crippen LogP contribution is 2.32. The van der Waals surface area contributed by atoms with Gasteiger partial charge >= 0.3 is 5.63 Å². The number of phenols is 1. The number of carbonyl (C=O) groups excluding carboxylic acids is 3. The number of benzene rings is 2. The van der Waals surface area contributed by atoms with Crippen molar-refractivity contribution in [2.75, 3.05) is 11.9 Å². The topological polar surface area (TPSA) is 117 Å². The molecule has 1 saturated heterocycles. The third-order valence-corrected chi connectivity index (χ3v) is 5.51. The molecule has 1 aliphatic rings. The molecule has 3 amide bonds. The third-order valence-electron chi connectivity index (χ3n) is 4.60. The Labute approximate surface area is 180 Å². The van der Waals surface area contributed by atoms with Crippen LogP contribution in [0.4, 0.5) is 10.5 Å². The van der Waals surface area contributed by atoms with E-state index in [1.165, 1.54) is 30.3 Å². The number of aryl methyl sites for hydroxylation is 1. The molecular formula is C22H16N2O6S. The standard InChI is InChI=1S/C22H16N2O6S/c1-12-8-20(27)30-17-10-14(4-7-16(12)17)23-19(26)11-24-21(28)18(31-22(24)29)9-13-2-5-15(25)6-3-13/h2-10,25H,11H2,1H3,(H,23,26)/b18-9-. The maximum Gasteiger partial charge on any atom is 0.336 e. The Kier molecular flexibility index (Phi) is 5.35. The number of hydrogen-bond acceptors (Lipinski definition) is 7. The minimum atomic E-state index is -0.571. The van der Waals surface area contributed by atoms with Gasteiger partial charge in [-0.2, -0.15) is 0 Å². The number of rotatable bonds is 4. The van der Waals surface area contributed by atoms with Crippen LogP contribution in [0, 0.1) is 6.92 Å². The van der Waals surface area contributed by atoms with Crippen molar-refractivity contribution in [1.29, 1.82) is 0 Å². The molecule has 0 aliphatic carbocycles. The zero-order valence-corrected chi connectivity index (χ0v) is 17.1. The summed E-state index contributed by atoms with van der Waals surface area (Å²) in [5.74, 6) is -1.05. The van der Waals surface area contributed by atoms with E-state index >= 15 is 0 Å². The zero-order valence-electron chi connectivity index (χ0n) is 16.2. The van der Waals surface area contributed by atoms with E-state index in [4.69, 9.17) is 4.42 Å². The van der Waals surface area contributed by atoms with Gasteiger partial charge in [-0.1, -0.05) is 12.1 Å². The number of fused-ring (bicyclic) bond motifs is 1. The fourth-order valence-electron chi connectivity index (χ4n) is 3.11. The largest absolute Gasteiger partial charge is 0.508 e. The number of amides is 3. The molecule has 2 heterocycles. The molecule has 31 heavy (non-hydrogen) atoms. The summed E-state index contributed by atoms with van der Waals surface area (Å²) in [5, 5.41) is 12.1. The van der Waals surface area contributed by atoms with Crippen LogP contribution in [0.15, 0.2) is 62.6 Å². The Bertz CT molecular complexity index is 1310. The predicted molar refractivity (Wildman–Crippen MR) is 117 cm³/mol. The van der Waals surface area contributed by atoms with Crippen LogP contribution in [0.1, 0.15) is 11.1 Å². The maximum atomic E-state index is 12.6. The van der Waals surface area contributed by atoms with Crippen LogP contribution >= 0.6 is 11.8 Å². The lowest BCUT2D eigenvalue weighted by Gasteiger charge is -2.12. The number of nitrogens with zero attached hydrogens (tertiary/aromatic N) is 1. The molecule has 1 fully saturated rings. The normalized spacial score (nSPS) is 15.1. The molecule has 2 aromatic carbocycles. The van der Waals surface area contributed by atoms with E-state index in [1.807, 2.05) is 0 Å². The molecule has 1 aliphatic heterocycles. The number of nitrogens with one attached hydrogen (secondary N) is 1. The second kappa shape index (κ2) is 8.11. The van der Waals surface area contributed by atoms with Crippen LogP contribution in [0.5, 0.6) is 5.75 Å². The Morgan fingerprint density at radius 3 is 2.61 bits per heavy atom. The summed E-state index contributed by atoms with van der Waals surface area (Å²) in [6.45, 7) is 1.33. The first-order chi connectivity index (χ1) is 14.8. The monoisotopic (exact) mass is 436 g/mol. The van der Waals surface area contributed by atoms with Crippen LogP contribution in [0.3, 0.4) is 0 Å².